The Morgan fingerprint density at radius 1 is 1.39 bits per heavy atom. The summed E-state index contributed by atoms with van der Waals surface area (Å²) < 4.78 is 0. The second-order valence-electron chi connectivity index (χ2n) is 4.97. The molecule has 94 valence electrons. The van der Waals surface area contributed by atoms with Gasteiger partial charge in [-0.25, -0.2) is 9.97 Å². The monoisotopic (exact) mass is 243 g/mol. The number of hydrogen-bond acceptors (Lipinski definition) is 4. The van der Waals surface area contributed by atoms with E-state index in [0.717, 1.165) is 31.2 Å². The minimum absolute atomic E-state index is 0.360. The molecular weight excluding hydrogens is 226 g/mol. The van der Waals surface area contributed by atoms with E-state index in [9.17, 15) is 0 Å². The summed E-state index contributed by atoms with van der Waals surface area (Å²) >= 11 is 0. The van der Waals surface area contributed by atoms with Gasteiger partial charge < -0.3 is 4.90 Å². The summed E-state index contributed by atoms with van der Waals surface area (Å²) in [6.07, 6.45) is 4.75. The molecule has 2 aromatic rings. The Morgan fingerprint density at radius 3 is 3.11 bits per heavy atom. The van der Waals surface area contributed by atoms with E-state index in [0.29, 0.717) is 5.92 Å². The highest BCUT2D eigenvalue weighted by Crippen LogP contribution is 2.22. The summed E-state index contributed by atoms with van der Waals surface area (Å²) in [6, 6.07) is 1.98. The molecule has 3 rings (SSSR count). The summed E-state index contributed by atoms with van der Waals surface area (Å²) in [5.41, 5.74) is 2.52. The van der Waals surface area contributed by atoms with Crippen molar-refractivity contribution in [2.75, 3.05) is 11.4 Å². The molecule has 2 aromatic heterocycles. The van der Waals surface area contributed by atoms with Gasteiger partial charge >= 0.3 is 0 Å². The topological polar surface area (TPSA) is 57.7 Å². The molecule has 0 aliphatic carbocycles. The van der Waals surface area contributed by atoms with Gasteiger partial charge in [-0.2, -0.15) is 5.10 Å². The number of H-pyrrole nitrogens is 1. The molecule has 0 saturated carbocycles. The zero-order valence-corrected chi connectivity index (χ0v) is 10.7. The molecule has 0 fully saturated rings. The van der Waals surface area contributed by atoms with Crippen molar-refractivity contribution in [3.63, 3.8) is 0 Å². The summed E-state index contributed by atoms with van der Waals surface area (Å²) in [6.45, 7) is 6.08. The average Bonchev–Trinajstić information content (AvgIpc) is 2.86. The predicted octanol–water partition coefficient (Wildman–Crippen LogP) is 1.89. The van der Waals surface area contributed by atoms with Gasteiger partial charge in [-0.1, -0.05) is 13.8 Å². The fraction of sp³-hybridized carbons (Fsp3) is 0.462. The molecule has 0 unspecified atom stereocenters. The van der Waals surface area contributed by atoms with Crippen LogP contribution >= 0.6 is 0 Å². The van der Waals surface area contributed by atoms with E-state index >= 15 is 0 Å². The van der Waals surface area contributed by atoms with Gasteiger partial charge in [-0.15, -0.1) is 0 Å². The molecular formula is C13H17N5. The van der Waals surface area contributed by atoms with Crippen molar-refractivity contribution in [1.29, 1.82) is 0 Å². The van der Waals surface area contributed by atoms with E-state index in [2.05, 4.69) is 38.9 Å². The van der Waals surface area contributed by atoms with Crippen LogP contribution in [0, 0.1) is 0 Å². The largest absolute Gasteiger partial charge is 0.352 e. The van der Waals surface area contributed by atoms with Gasteiger partial charge in [0.2, 0.25) is 0 Å². The first-order valence-corrected chi connectivity index (χ1v) is 6.33. The fourth-order valence-corrected chi connectivity index (χ4v) is 2.24. The van der Waals surface area contributed by atoms with Crippen molar-refractivity contribution in [1.82, 2.24) is 20.2 Å². The van der Waals surface area contributed by atoms with Crippen LogP contribution in [0.2, 0.25) is 0 Å². The van der Waals surface area contributed by atoms with Crippen LogP contribution in [0.1, 0.15) is 36.8 Å². The second-order valence-corrected chi connectivity index (χ2v) is 4.97. The number of nitrogens with zero attached hydrogens (tertiary/aromatic N) is 4. The summed E-state index contributed by atoms with van der Waals surface area (Å²) in [5, 5.41) is 7.14. The number of aromatic nitrogens is 4. The fourth-order valence-electron chi connectivity index (χ4n) is 2.24. The first-order valence-electron chi connectivity index (χ1n) is 6.33. The van der Waals surface area contributed by atoms with Gasteiger partial charge in [0.25, 0.3) is 0 Å². The Labute approximate surface area is 106 Å². The summed E-state index contributed by atoms with van der Waals surface area (Å²) in [7, 11) is 0. The van der Waals surface area contributed by atoms with Crippen molar-refractivity contribution in [2.45, 2.75) is 32.7 Å². The number of nitrogens with one attached hydrogen (secondary N) is 1. The highest BCUT2D eigenvalue weighted by Gasteiger charge is 2.19. The normalized spacial score (nSPS) is 14.9. The summed E-state index contributed by atoms with van der Waals surface area (Å²) in [4.78, 5) is 11.2. The Bertz CT molecular complexity index is 546. The zero-order chi connectivity index (χ0) is 12.5. The van der Waals surface area contributed by atoms with E-state index in [4.69, 9.17) is 0 Å². The summed E-state index contributed by atoms with van der Waals surface area (Å²) in [5.74, 6) is 2.28. The van der Waals surface area contributed by atoms with Crippen molar-refractivity contribution >= 4 is 5.82 Å². The Kier molecular flexibility index (Phi) is 2.74. The molecule has 5 heteroatoms. The number of hydrogen-bond donors (Lipinski definition) is 1. The van der Waals surface area contributed by atoms with Gasteiger partial charge in [0.15, 0.2) is 0 Å². The lowest BCUT2D eigenvalue weighted by Crippen LogP contribution is -2.30. The molecule has 5 nitrogen and oxygen atoms in total. The molecule has 0 amide bonds. The molecule has 0 radical (unpaired) electrons. The molecule has 0 saturated heterocycles. The van der Waals surface area contributed by atoms with Crippen molar-refractivity contribution in [3.8, 4) is 0 Å². The van der Waals surface area contributed by atoms with Gasteiger partial charge in [0, 0.05) is 42.9 Å². The van der Waals surface area contributed by atoms with E-state index < -0.39 is 0 Å². The van der Waals surface area contributed by atoms with Crippen molar-refractivity contribution in [3.05, 3.63) is 35.5 Å². The van der Waals surface area contributed by atoms with Crippen LogP contribution in [0.5, 0.6) is 0 Å². The number of aromatic amines is 1. The molecule has 18 heavy (non-hydrogen) atoms. The first kappa shape index (κ1) is 11.2. The second kappa shape index (κ2) is 4.40. The molecule has 1 N–H and O–H groups in total. The average molecular weight is 243 g/mol. The first-order chi connectivity index (χ1) is 8.74. The van der Waals surface area contributed by atoms with E-state index in [1.807, 2.05) is 18.5 Å². The Morgan fingerprint density at radius 2 is 2.28 bits per heavy atom. The van der Waals surface area contributed by atoms with Crippen LogP contribution in [0.4, 0.5) is 5.82 Å². The molecule has 0 aromatic carbocycles. The van der Waals surface area contributed by atoms with Gasteiger partial charge in [0.05, 0.1) is 6.20 Å². The molecule has 0 spiro atoms. The van der Waals surface area contributed by atoms with Crippen molar-refractivity contribution < 1.29 is 0 Å². The van der Waals surface area contributed by atoms with Crippen LogP contribution in [0.3, 0.4) is 0 Å². The molecule has 3 heterocycles. The maximum Gasteiger partial charge on any atom is 0.133 e. The van der Waals surface area contributed by atoms with Gasteiger partial charge in [-0.05, 0) is 6.07 Å². The maximum atomic E-state index is 4.64. The van der Waals surface area contributed by atoms with E-state index in [-0.39, 0.29) is 0 Å². The van der Waals surface area contributed by atoms with Crippen LogP contribution in [0.15, 0.2) is 18.5 Å². The lowest BCUT2D eigenvalue weighted by atomic mass is 10.1. The highest BCUT2D eigenvalue weighted by atomic mass is 15.2. The highest BCUT2D eigenvalue weighted by molar-refractivity contribution is 5.41. The SMILES string of the molecule is CC(C)c1nccc(N2CCc3[nH]ncc3C2)n1. The number of rotatable bonds is 2. The Balaban J connectivity index is 1.86. The lowest BCUT2D eigenvalue weighted by Gasteiger charge is -2.27. The lowest BCUT2D eigenvalue weighted by molar-refractivity contribution is 0.695. The van der Waals surface area contributed by atoms with Crippen LogP contribution in [-0.4, -0.2) is 26.7 Å². The van der Waals surface area contributed by atoms with Crippen LogP contribution in [0.25, 0.3) is 0 Å². The van der Waals surface area contributed by atoms with E-state index in [1.54, 1.807) is 0 Å². The van der Waals surface area contributed by atoms with E-state index in [1.165, 1.54) is 11.3 Å². The van der Waals surface area contributed by atoms with Crippen molar-refractivity contribution in [2.24, 2.45) is 0 Å². The number of fused-ring (bicyclic) bond motifs is 1. The maximum absolute atomic E-state index is 4.64. The molecule has 1 aliphatic heterocycles. The predicted molar refractivity (Wildman–Crippen MR) is 69.5 cm³/mol. The molecule has 0 bridgehead atoms. The van der Waals surface area contributed by atoms with Gasteiger partial charge in [-0.3, -0.25) is 5.10 Å². The Hall–Kier alpha value is -1.91. The van der Waals surface area contributed by atoms with Crippen LogP contribution < -0.4 is 4.90 Å². The smallest absolute Gasteiger partial charge is 0.133 e. The standard InChI is InChI=1S/C13H17N5/c1-9(2)13-14-5-3-12(16-13)18-6-4-11-10(8-18)7-15-17-11/h3,5,7,9H,4,6,8H2,1-2H3,(H,15,17). The van der Waals surface area contributed by atoms with Gasteiger partial charge in [0.1, 0.15) is 11.6 Å². The molecule has 0 atom stereocenters. The quantitative estimate of drug-likeness (QED) is 0.875. The third-order valence-electron chi connectivity index (χ3n) is 3.30. The zero-order valence-electron chi connectivity index (χ0n) is 10.7. The minimum atomic E-state index is 0.360. The number of anilines is 1. The third-order valence-corrected chi connectivity index (χ3v) is 3.30. The molecule has 1 aliphatic rings. The minimum Gasteiger partial charge on any atom is -0.352 e. The van der Waals surface area contributed by atoms with Crippen LogP contribution in [-0.2, 0) is 13.0 Å². The third kappa shape index (κ3) is 1.96.